The van der Waals surface area contributed by atoms with Crippen molar-refractivity contribution in [1.82, 2.24) is 0 Å². The van der Waals surface area contributed by atoms with Gasteiger partial charge in [0.05, 0.1) is 12.3 Å². The van der Waals surface area contributed by atoms with Crippen LogP contribution in [0.2, 0.25) is 0 Å². The summed E-state index contributed by atoms with van der Waals surface area (Å²) in [4.78, 5) is 23.8. The maximum absolute atomic E-state index is 12.1. The van der Waals surface area contributed by atoms with Crippen LogP contribution in [-0.4, -0.2) is 23.6 Å². The molecule has 3 unspecified atom stereocenters. The van der Waals surface area contributed by atoms with E-state index in [1.54, 1.807) is 0 Å². The second-order valence-corrected chi connectivity index (χ2v) is 5.78. The van der Waals surface area contributed by atoms with Gasteiger partial charge in [0.25, 0.3) is 0 Å². The molecule has 0 aromatic carbocycles. The van der Waals surface area contributed by atoms with Gasteiger partial charge in [-0.05, 0) is 18.8 Å². The van der Waals surface area contributed by atoms with Crippen LogP contribution in [0.1, 0.15) is 60.3 Å². The Kier molecular flexibility index (Phi) is 5.39. The molecule has 4 heteroatoms. The summed E-state index contributed by atoms with van der Waals surface area (Å²) in [5, 5.41) is 0. The lowest BCUT2D eigenvalue weighted by Gasteiger charge is -2.36. The number of esters is 2. The highest BCUT2D eigenvalue weighted by Gasteiger charge is 2.54. The van der Waals surface area contributed by atoms with Crippen molar-refractivity contribution in [2.75, 3.05) is 0 Å². The second kappa shape index (κ2) is 6.40. The molecule has 0 spiro atoms. The Labute approximate surface area is 115 Å². The first kappa shape index (κ1) is 16.0. The molecule has 1 rings (SSSR count). The molecule has 3 atom stereocenters. The average molecular weight is 270 g/mol. The zero-order chi connectivity index (χ0) is 14.6. The van der Waals surface area contributed by atoms with Gasteiger partial charge in [-0.3, -0.25) is 9.59 Å². The van der Waals surface area contributed by atoms with Crippen LogP contribution in [0.4, 0.5) is 0 Å². The van der Waals surface area contributed by atoms with Crippen molar-refractivity contribution < 1.29 is 19.1 Å². The largest absolute Gasteiger partial charge is 0.458 e. The van der Waals surface area contributed by atoms with Crippen molar-refractivity contribution in [1.29, 1.82) is 0 Å². The van der Waals surface area contributed by atoms with Gasteiger partial charge in [-0.1, -0.05) is 41.0 Å². The Balaban J connectivity index is 2.95. The van der Waals surface area contributed by atoms with Crippen molar-refractivity contribution in [3.63, 3.8) is 0 Å². The molecule has 19 heavy (non-hydrogen) atoms. The summed E-state index contributed by atoms with van der Waals surface area (Å²) >= 11 is 0. The molecule has 110 valence electrons. The fourth-order valence-corrected chi connectivity index (χ4v) is 2.46. The summed E-state index contributed by atoms with van der Waals surface area (Å²) in [5.74, 6) is -0.572. The molecule has 1 fully saturated rings. The summed E-state index contributed by atoms with van der Waals surface area (Å²) in [6.07, 6.45) is 2.24. The highest BCUT2D eigenvalue weighted by Crippen LogP contribution is 2.40. The van der Waals surface area contributed by atoms with Crippen LogP contribution in [0.25, 0.3) is 0 Å². The number of ether oxygens (including phenoxy) is 2. The lowest BCUT2D eigenvalue weighted by atomic mass is 9.81. The number of hydrogen-bond donors (Lipinski definition) is 0. The maximum atomic E-state index is 12.1. The van der Waals surface area contributed by atoms with E-state index in [4.69, 9.17) is 9.47 Å². The fraction of sp³-hybridized carbons (Fsp3) is 0.867. The summed E-state index contributed by atoms with van der Waals surface area (Å²) in [6, 6.07) is 0. The van der Waals surface area contributed by atoms with E-state index in [1.807, 2.05) is 34.6 Å². The molecule has 0 aromatic rings. The monoisotopic (exact) mass is 270 g/mol. The molecular weight excluding hydrogens is 244 g/mol. The van der Waals surface area contributed by atoms with E-state index >= 15 is 0 Å². The van der Waals surface area contributed by atoms with Gasteiger partial charge in [-0.2, -0.15) is 0 Å². The Hall–Kier alpha value is -1.06. The van der Waals surface area contributed by atoms with Gasteiger partial charge in [0, 0.05) is 0 Å². The molecule has 1 aliphatic rings. The number of rotatable bonds is 6. The highest BCUT2D eigenvalue weighted by molar-refractivity contribution is 5.77. The molecule has 1 saturated heterocycles. The van der Waals surface area contributed by atoms with Crippen molar-refractivity contribution in [2.45, 2.75) is 72.0 Å². The summed E-state index contributed by atoms with van der Waals surface area (Å²) < 4.78 is 11.1. The lowest BCUT2D eigenvalue weighted by molar-refractivity contribution is -0.178. The highest BCUT2D eigenvalue weighted by atomic mass is 16.6. The zero-order valence-corrected chi connectivity index (χ0v) is 12.7. The molecule has 1 heterocycles. The minimum atomic E-state index is -0.784. The van der Waals surface area contributed by atoms with Gasteiger partial charge < -0.3 is 9.47 Å². The van der Waals surface area contributed by atoms with E-state index in [-0.39, 0.29) is 36.3 Å². The van der Waals surface area contributed by atoms with Crippen molar-refractivity contribution >= 4 is 11.9 Å². The Morgan fingerprint density at radius 3 is 2.53 bits per heavy atom. The predicted molar refractivity (Wildman–Crippen MR) is 72.5 cm³/mol. The van der Waals surface area contributed by atoms with Crippen LogP contribution in [0, 0.1) is 11.8 Å². The van der Waals surface area contributed by atoms with Crippen molar-refractivity contribution in [3.8, 4) is 0 Å². The standard InChI is InChI=1S/C15H26O4/c1-6-8-12-15(10(3)4,9-13(16)18-12)19-14(17)11(5)7-2/h10-12H,6-9H2,1-5H3. The summed E-state index contributed by atoms with van der Waals surface area (Å²) in [5.41, 5.74) is -0.784. The molecule has 0 amide bonds. The Morgan fingerprint density at radius 1 is 1.42 bits per heavy atom. The molecule has 1 aliphatic heterocycles. The van der Waals surface area contributed by atoms with Gasteiger partial charge in [0.2, 0.25) is 0 Å². The predicted octanol–water partition coefficient (Wildman–Crippen LogP) is 3.09. The molecule has 0 aliphatic carbocycles. The second-order valence-electron chi connectivity index (χ2n) is 5.78. The number of cyclic esters (lactones) is 1. The number of carbonyl (C=O) groups excluding carboxylic acids is 2. The third-order valence-corrected chi connectivity index (χ3v) is 4.07. The van der Waals surface area contributed by atoms with Crippen LogP contribution in [0.5, 0.6) is 0 Å². The van der Waals surface area contributed by atoms with E-state index < -0.39 is 5.60 Å². The SMILES string of the molecule is CCCC1OC(=O)CC1(OC(=O)C(C)CC)C(C)C. The van der Waals surface area contributed by atoms with Gasteiger partial charge in [-0.25, -0.2) is 0 Å². The fourth-order valence-electron chi connectivity index (χ4n) is 2.46. The van der Waals surface area contributed by atoms with E-state index in [2.05, 4.69) is 0 Å². The topological polar surface area (TPSA) is 52.6 Å². The molecule has 0 radical (unpaired) electrons. The molecule has 0 bridgehead atoms. The third-order valence-electron chi connectivity index (χ3n) is 4.07. The zero-order valence-electron chi connectivity index (χ0n) is 12.7. The number of carbonyl (C=O) groups is 2. The van der Waals surface area contributed by atoms with E-state index in [9.17, 15) is 9.59 Å². The molecule has 4 nitrogen and oxygen atoms in total. The molecule has 0 aromatic heterocycles. The smallest absolute Gasteiger partial charge is 0.310 e. The first-order valence-electron chi connectivity index (χ1n) is 7.29. The first-order chi connectivity index (χ1) is 8.87. The Morgan fingerprint density at radius 2 is 2.05 bits per heavy atom. The summed E-state index contributed by atoms with van der Waals surface area (Å²) in [7, 11) is 0. The number of hydrogen-bond acceptors (Lipinski definition) is 4. The van der Waals surface area contributed by atoms with Crippen LogP contribution in [0.15, 0.2) is 0 Å². The maximum Gasteiger partial charge on any atom is 0.310 e. The van der Waals surface area contributed by atoms with Gasteiger partial charge >= 0.3 is 11.9 Å². The van der Waals surface area contributed by atoms with Crippen molar-refractivity contribution in [3.05, 3.63) is 0 Å². The molecule has 0 N–H and O–H groups in total. The van der Waals surface area contributed by atoms with Crippen LogP contribution in [0.3, 0.4) is 0 Å². The Bertz CT molecular complexity index is 337. The molecule has 0 saturated carbocycles. The van der Waals surface area contributed by atoms with Gasteiger partial charge in [0.1, 0.15) is 6.10 Å². The lowest BCUT2D eigenvalue weighted by Crippen LogP contribution is -2.48. The van der Waals surface area contributed by atoms with Gasteiger partial charge in [0.15, 0.2) is 5.60 Å². The first-order valence-corrected chi connectivity index (χ1v) is 7.29. The van der Waals surface area contributed by atoms with Crippen LogP contribution < -0.4 is 0 Å². The normalized spacial score (nSPS) is 28.3. The van der Waals surface area contributed by atoms with Crippen LogP contribution >= 0.6 is 0 Å². The van der Waals surface area contributed by atoms with Crippen LogP contribution in [-0.2, 0) is 19.1 Å². The van der Waals surface area contributed by atoms with E-state index in [1.165, 1.54) is 0 Å². The summed E-state index contributed by atoms with van der Waals surface area (Å²) in [6.45, 7) is 9.80. The molecular formula is C15H26O4. The minimum absolute atomic E-state index is 0.0588. The van der Waals surface area contributed by atoms with Crippen molar-refractivity contribution in [2.24, 2.45) is 11.8 Å². The average Bonchev–Trinajstić information content (AvgIpc) is 2.66. The van der Waals surface area contributed by atoms with E-state index in [0.29, 0.717) is 0 Å². The minimum Gasteiger partial charge on any atom is -0.458 e. The third kappa shape index (κ3) is 3.28. The van der Waals surface area contributed by atoms with E-state index in [0.717, 1.165) is 19.3 Å². The van der Waals surface area contributed by atoms with Gasteiger partial charge in [-0.15, -0.1) is 0 Å². The quantitative estimate of drug-likeness (QED) is 0.696.